The van der Waals surface area contributed by atoms with Crippen LogP contribution in [-0.2, 0) is 9.47 Å². The van der Waals surface area contributed by atoms with Crippen LogP contribution in [0.15, 0.2) is 42.5 Å². The minimum atomic E-state index is -0.610. The lowest BCUT2D eigenvalue weighted by Gasteiger charge is -2.14. The van der Waals surface area contributed by atoms with Gasteiger partial charge < -0.3 is 14.6 Å². The first kappa shape index (κ1) is 16.0. The zero-order chi connectivity index (χ0) is 15.1. The molecule has 3 heteroatoms. The van der Waals surface area contributed by atoms with Gasteiger partial charge in [-0.1, -0.05) is 56.3 Å². The molecule has 2 aromatic rings. The Bertz CT molecular complexity index is 546. The predicted octanol–water partition coefficient (Wildman–Crippen LogP) is 3.56. The van der Waals surface area contributed by atoms with Gasteiger partial charge in [-0.2, -0.15) is 0 Å². The molecule has 0 bridgehead atoms. The van der Waals surface area contributed by atoms with Crippen LogP contribution in [0.25, 0.3) is 10.8 Å². The van der Waals surface area contributed by atoms with Crippen molar-refractivity contribution in [3.63, 3.8) is 0 Å². The molecule has 0 aliphatic carbocycles. The number of aliphatic hydroxyl groups is 1. The SMILES string of the molecule is CC(C)COCCOCC(O)c1cccc2ccccc12. The third-order valence-corrected chi connectivity index (χ3v) is 3.28. The Balaban J connectivity index is 1.84. The minimum absolute atomic E-state index is 0.291. The summed E-state index contributed by atoms with van der Waals surface area (Å²) < 4.78 is 11.0. The highest BCUT2D eigenvalue weighted by molar-refractivity contribution is 5.85. The predicted molar refractivity (Wildman–Crippen MR) is 85.4 cm³/mol. The summed E-state index contributed by atoms with van der Waals surface area (Å²) in [5.74, 6) is 0.534. The molecule has 0 spiro atoms. The zero-order valence-electron chi connectivity index (χ0n) is 12.8. The van der Waals surface area contributed by atoms with E-state index in [1.807, 2.05) is 42.5 Å². The normalized spacial score (nSPS) is 13.0. The van der Waals surface area contributed by atoms with Crippen molar-refractivity contribution in [2.45, 2.75) is 20.0 Å². The fourth-order valence-electron chi connectivity index (χ4n) is 2.26. The number of benzene rings is 2. The van der Waals surface area contributed by atoms with E-state index < -0.39 is 6.10 Å². The molecule has 0 fully saturated rings. The molecule has 21 heavy (non-hydrogen) atoms. The van der Waals surface area contributed by atoms with E-state index in [-0.39, 0.29) is 0 Å². The van der Waals surface area contributed by atoms with E-state index in [1.54, 1.807) is 0 Å². The Kier molecular flexibility index (Phi) is 6.18. The van der Waals surface area contributed by atoms with Crippen LogP contribution in [0.3, 0.4) is 0 Å². The standard InChI is InChI=1S/C18H24O3/c1-14(2)12-20-10-11-21-13-18(19)17-9-5-7-15-6-3-4-8-16(15)17/h3-9,14,18-19H,10-13H2,1-2H3. The summed E-state index contributed by atoms with van der Waals surface area (Å²) in [7, 11) is 0. The van der Waals surface area contributed by atoms with Crippen molar-refractivity contribution in [2.24, 2.45) is 5.92 Å². The van der Waals surface area contributed by atoms with E-state index in [1.165, 1.54) is 0 Å². The highest BCUT2D eigenvalue weighted by Crippen LogP contribution is 2.24. The Hall–Kier alpha value is -1.42. The molecule has 114 valence electrons. The van der Waals surface area contributed by atoms with Crippen molar-refractivity contribution in [1.29, 1.82) is 0 Å². The second-order valence-electron chi connectivity index (χ2n) is 5.63. The number of hydrogen-bond donors (Lipinski definition) is 1. The van der Waals surface area contributed by atoms with E-state index in [0.29, 0.717) is 25.7 Å². The van der Waals surface area contributed by atoms with Crippen LogP contribution in [0.5, 0.6) is 0 Å². The maximum absolute atomic E-state index is 10.3. The Morgan fingerprint density at radius 3 is 2.33 bits per heavy atom. The fourth-order valence-corrected chi connectivity index (χ4v) is 2.26. The average Bonchev–Trinajstić information content (AvgIpc) is 2.49. The zero-order valence-corrected chi connectivity index (χ0v) is 12.8. The van der Waals surface area contributed by atoms with Crippen LogP contribution in [0, 0.1) is 5.92 Å². The van der Waals surface area contributed by atoms with Crippen LogP contribution in [0.2, 0.25) is 0 Å². The maximum atomic E-state index is 10.3. The first-order chi connectivity index (χ1) is 10.2. The van der Waals surface area contributed by atoms with E-state index in [9.17, 15) is 5.11 Å². The lowest BCUT2D eigenvalue weighted by Crippen LogP contribution is -2.13. The Morgan fingerprint density at radius 1 is 0.905 bits per heavy atom. The number of fused-ring (bicyclic) bond motifs is 1. The van der Waals surface area contributed by atoms with E-state index in [0.717, 1.165) is 22.9 Å². The summed E-state index contributed by atoms with van der Waals surface area (Å²) in [4.78, 5) is 0. The molecule has 0 saturated carbocycles. The van der Waals surface area contributed by atoms with Gasteiger partial charge in [0.2, 0.25) is 0 Å². The summed E-state index contributed by atoms with van der Waals surface area (Å²) >= 11 is 0. The highest BCUT2D eigenvalue weighted by atomic mass is 16.5. The molecule has 1 N–H and O–H groups in total. The smallest absolute Gasteiger partial charge is 0.103 e. The molecular weight excluding hydrogens is 264 g/mol. The van der Waals surface area contributed by atoms with Gasteiger partial charge in [0.1, 0.15) is 6.10 Å². The Morgan fingerprint density at radius 2 is 1.57 bits per heavy atom. The third-order valence-electron chi connectivity index (χ3n) is 3.28. The molecule has 0 saturated heterocycles. The van der Waals surface area contributed by atoms with Crippen molar-refractivity contribution in [2.75, 3.05) is 26.4 Å². The van der Waals surface area contributed by atoms with Crippen LogP contribution in [0.1, 0.15) is 25.5 Å². The maximum Gasteiger partial charge on any atom is 0.103 e. The van der Waals surface area contributed by atoms with Crippen LogP contribution >= 0.6 is 0 Å². The molecule has 2 rings (SSSR count). The number of ether oxygens (including phenoxy) is 2. The number of rotatable bonds is 8. The lowest BCUT2D eigenvalue weighted by molar-refractivity contribution is -0.000820. The first-order valence-corrected chi connectivity index (χ1v) is 7.49. The minimum Gasteiger partial charge on any atom is -0.386 e. The van der Waals surface area contributed by atoms with Crippen LogP contribution < -0.4 is 0 Å². The molecule has 0 amide bonds. The molecule has 2 aromatic carbocycles. The van der Waals surface area contributed by atoms with Gasteiger partial charge in [0.25, 0.3) is 0 Å². The summed E-state index contributed by atoms with van der Waals surface area (Å²) in [6.07, 6.45) is -0.610. The van der Waals surface area contributed by atoms with Gasteiger partial charge >= 0.3 is 0 Å². The van der Waals surface area contributed by atoms with Crippen molar-refractivity contribution >= 4 is 10.8 Å². The molecule has 0 heterocycles. The first-order valence-electron chi connectivity index (χ1n) is 7.49. The molecule has 0 aromatic heterocycles. The molecule has 0 aliphatic heterocycles. The second-order valence-corrected chi connectivity index (χ2v) is 5.63. The van der Waals surface area contributed by atoms with E-state index in [2.05, 4.69) is 13.8 Å². The monoisotopic (exact) mass is 288 g/mol. The van der Waals surface area contributed by atoms with E-state index in [4.69, 9.17) is 9.47 Å². The van der Waals surface area contributed by atoms with Crippen molar-refractivity contribution in [3.8, 4) is 0 Å². The highest BCUT2D eigenvalue weighted by Gasteiger charge is 2.10. The molecule has 0 aliphatic rings. The van der Waals surface area contributed by atoms with Gasteiger partial charge in [-0.25, -0.2) is 0 Å². The van der Waals surface area contributed by atoms with Gasteiger partial charge in [-0.05, 0) is 22.3 Å². The molecule has 1 atom stereocenters. The fraction of sp³-hybridized carbons (Fsp3) is 0.444. The van der Waals surface area contributed by atoms with E-state index >= 15 is 0 Å². The quantitative estimate of drug-likeness (QED) is 0.755. The van der Waals surface area contributed by atoms with Crippen LogP contribution in [-0.4, -0.2) is 31.5 Å². The topological polar surface area (TPSA) is 38.7 Å². The van der Waals surface area contributed by atoms with Crippen molar-refractivity contribution < 1.29 is 14.6 Å². The second kappa shape index (κ2) is 8.13. The van der Waals surface area contributed by atoms with Crippen molar-refractivity contribution in [3.05, 3.63) is 48.0 Å². The third kappa shape index (κ3) is 4.81. The van der Waals surface area contributed by atoms with Crippen LogP contribution in [0.4, 0.5) is 0 Å². The molecular formula is C18H24O3. The molecule has 0 radical (unpaired) electrons. The molecule has 3 nitrogen and oxygen atoms in total. The summed E-state index contributed by atoms with van der Waals surface area (Å²) in [5.41, 5.74) is 0.913. The number of hydrogen-bond acceptors (Lipinski definition) is 3. The summed E-state index contributed by atoms with van der Waals surface area (Å²) in [5, 5.41) is 12.5. The largest absolute Gasteiger partial charge is 0.386 e. The Labute approximate surface area is 126 Å². The van der Waals surface area contributed by atoms with Gasteiger partial charge in [-0.3, -0.25) is 0 Å². The summed E-state index contributed by atoms with van der Waals surface area (Å²) in [6, 6.07) is 14.0. The average molecular weight is 288 g/mol. The van der Waals surface area contributed by atoms with Gasteiger partial charge in [-0.15, -0.1) is 0 Å². The van der Waals surface area contributed by atoms with Gasteiger partial charge in [0.05, 0.1) is 19.8 Å². The number of aliphatic hydroxyl groups excluding tert-OH is 1. The van der Waals surface area contributed by atoms with Crippen molar-refractivity contribution in [1.82, 2.24) is 0 Å². The molecule has 1 unspecified atom stereocenters. The summed E-state index contributed by atoms with van der Waals surface area (Å²) in [6.45, 7) is 6.35. The van der Waals surface area contributed by atoms with Gasteiger partial charge in [0, 0.05) is 6.61 Å². The lowest BCUT2D eigenvalue weighted by atomic mass is 10.0. The van der Waals surface area contributed by atoms with Gasteiger partial charge in [0.15, 0.2) is 0 Å².